The van der Waals surface area contributed by atoms with E-state index < -0.39 is 0 Å². The van der Waals surface area contributed by atoms with Gasteiger partial charge in [-0.2, -0.15) is 0 Å². The molecule has 4 heteroatoms. The zero-order valence-electron chi connectivity index (χ0n) is 12.1. The molecule has 2 aliphatic rings. The second kappa shape index (κ2) is 6.33. The molecule has 0 spiro atoms. The molecule has 1 aliphatic heterocycles. The molecule has 1 saturated heterocycles. The highest BCUT2D eigenvalue weighted by molar-refractivity contribution is 6.33. The molecule has 0 unspecified atom stereocenters. The Morgan fingerprint density at radius 2 is 2.00 bits per heavy atom. The minimum absolute atomic E-state index is 0.539. The van der Waals surface area contributed by atoms with Gasteiger partial charge in [0.25, 0.3) is 0 Å². The van der Waals surface area contributed by atoms with Gasteiger partial charge in [-0.15, -0.1) is 0 Å². The van der Waals surface area contributed by atoms with Crippen molar-refractivity contribution in [1.29, 1.82) is 0 Å². The van der Waals surface area contributed by atoms with Crippen LogP contribution in [-0.2, 0) is 11.3 Å². The second-order valence-corrected chi connectivity index (χ2v) is 6.30. The van der Waals surface area contributed by atoms with Crippen LogP contribution in [0.15, 0.2) is 18.2 Å². The summed E-state index contributed by atoms with van der Waals surface area (Å²) in [6.07, 6.45) is 4.80. The SMILES string of the molecule is CN(c1ccc(CNC2CC2)cc1Cl)C1CCOCC1. The Kier molecular flexibility index (Phi) is 4.49. The summed E-state index contributed by atoms with van der Waals surface area (Å²) in [5.74, 6) is 0. The Morgan fingerprint density at radius 3 is 2.65 bits per heavy atom. The number of halogens is 1. The molecule has 1 aromatic rings. The number of rotatable bonds is 5. The molecule has 0 aromatic heterocycles. The number of anilines is 1. The third kappa shape index (κ3) is 3.46. The van der Waals surface area contributed by atoms with Gasteiger partial charge in [-0.25, -0.2) is 0 Å². The predicted octanol–water partition coefficient (Wildman–Crippen LogP) is 3.21. The fourth-order valence-electron chi connectivity index (χ4n) is 2.77. The van der Waals surface area contributed by atoms with Crippen molar-refractivity contribution in [2.24, 2.45) is 0 Å². The van der Waals surface area contributed by atoms with Crippen LogP contribution < -0.4 is 10.2 Å². The van der Waals surface area contributed by atoms with Gasteiger partial charge >= 0.3 is 0 Å². The lowest BCUT2D eigenvalue weighted by molar-refractivity contribution is 0.0855. The molecule has 0 atom stereocenters. The molecule has 1 saturated carbocycles. The summed E-state index contributed by atoms with van der Waals surface area (Å²) in [4.78, 5) is 2.31. The average Bonchev–Trinajstić information content (AvgIpc) is 3.30. The van der Waals surface area contributed by atoms with Crippen LogP contribution in [0, 0.1) is 0 Å². The third-order valence-corrected chi connectivity index (χ3v) is 4.61. The monoisotopic (exact) mass is 294 g/mol. The van der Waals surface area contributed by atoms with Crippen molar-refractivity contribution in [3.63, 3.8) is 0 Å². The Bertz CT molecular complexity index is 456. The van der Waals surface area contributed by atoms with E-state index in [0.717, 1.165) is 49.4 Å². The smallest absolute Gasteiger partial charge is 0.0642 e. The first-order valence-corrected chi connectivity index (χ1v) is 7.94. The Morgan fingerprint density at radius 1 is 1.25 bits per heavy atom. The van der Waals surface area contributed by atoms with Crippen LogP contribution in [-0.4, -0.2) is 32.3 Å². The van der Waals surface area contributed by atoms with Crippen LogP contribution in [0.2, 0.25) is 5.02 Å². The summed E-state index contributed by atoms with van der Waals surface area (Å²) >= 11 is 6.47. The van der Waals surface area contributed by atoms with Crippen LogP contribution >= 0.6 is 11.6 Å². The van der Waals surface area contributed by atoms with E-state index in [1.54, 1.807) is 0 Å². The fourth-order valence-corrected chi connectivity index (χ4v) is 3.10. The first-order chi connectivity index (χ1) is 9.74. The van der Waals surface area contributed by atoms with Gasteiger partial charge < -0.3 is 15.0 Å². The van der Waals surface area contributed by atoms with Gasteiger partial charge in [0, 0.05) is 38.9 Å². The summed E-state index contributed by atoms with van der Waals surface area (Å²) in [6, 6.07) is 7.71. The van der Waals surface area contributed by atoms with E-state index in [0.29, 0.717) is 6.04 Å². The molecular weight excluding hydrogens is 272 g/mol. The number of ether oxygens (including phenoxy) is 1. The average molecular weight is 295 g/mol. The van der Waals surface area contributed by atoms with Gasteiger partial charge in [0.2, 0.25) is 0 Å². The molecule has 1 aromatic carbocycles. The number of hydrogen-bond donors (Lipinski definition) is 1. The number of hydrogen-bond acceptors (Lipinski definition) is 3. The largest absolute Gasteiger partial charge is 0.381 e. The van der Waals surface area contributed by atoms with E-state index >= 15 is 0 Å². The maximum Gasteiger partial charge on any atom is 0.0642 e. The zero-order chi connectivity index (χ0) is 13.9. The number of nitrogens with zero attached hydrogens (tertiary/aromatic N) is 1. The van der Waals surface area contributed by atoms with Gasteiger partial charge in [0.1, 0.15) is 0 Å². The van der Waals surface area contributed by atoms with E-state index in [9.17, 15) is 0 Å². The normalized spacial score (nSPS) is 20.1. The fraction of sp³-hybridized carbons (Fsp3) is 0.625. The lowest BCUT2D eigenvalue weighted by atomic mass is 10.1. The van der Waals surface area contributed by atoms with Crippen molar-refractivity contribution in [1.82, 2.24) is 5.32 Å². The molecular formula is C16H23ClN2O. The highest BCUT2D eigenvalue weighted by Crippen LogP contribution is 2.30. The molecule has 1 N–H and O–H groups in total. The number of benzene rings is 1. The lowest BCUT2D eigenvalue weighted by Gasteiger charge is -2.33. The zero-order valence-corrected chi connectivity index (χ0v) is 12.8. The van der Waals surface area contributed by atoms with Crippen molar-refractivity contribution in [3.8, 4) is 0 Å². The highest BCUT2D eigenvalue weighted by Gasteiger charge is 2.21. The van der Waals surface area contributed by atoms with Crippen LogP contribution in [0.1, 0.15) is 31.2 Å². The summed E-state index contributed by atoms with van der Waals surface area (Å²) in [7, 11) is 2.14. The summed E-state index contributed by atoms with van der Waals surface area (Å²) in [6.45, 7) is 2.64. The van der Waals surface area contributed by atoms with Crippen molar-refractivity contribution in [3.05, 3.63) is 28.8 Å². The van der Waals surface area contributed by atoms with Crippen molar-refractivity contribution in [2.45, 2.75) is 44.3 Å². The van der Waals surface area contributed by atoms with Crippen LogP contribution in [0.25, 0.3) is 0 Å². The molecule has 0 bridgehead atoms. The molecule has 110 valence electrons. The van der Waals surface area contributed by atoms with E-state index in [1.807, 2.05) is 0 Å². The molecule has 20 heavy (non-hydrogen) atoms. The Balaban J connectivity index is 1.65. The molecule has 0 radical (unpaired) electrons. The molecule has 0 amide bonds. The molecule has 1 heterocycles. The highest BCUT2D eigenvalue weighted by atomic mass is 35.5. The maximum absolute atomic E-state index is 6.47. The molecule has 1 aliphatic carbocycles. The minimum Gasteiger partial charge on any atom is -0.381 e. The van der Waals surface area contributed by atoms with Crippen LogP contribution in [0.4, 0.5) is 5.69 Å². The summed E-state index contributed by atoms with van der Waals surface area (Å²) < 4.78 is 5.43. The van der Waals surface area contributed by atoms with Crippen LogP contribution in [0.3, 0.4) is 0 Å². The lowest BCUT2D eigenvalue weighted by Crippen LogP contribution is -2.36. The Labute approximate surface area is 126 Å². The molecule has 3 rings (SSSR count). The van der Waals surface area contributed by atoms with E-state index in [-0.39, 0.29) is 0 Å². The quantitative estimate of drug-likeness (QED) is 0.902. The summed E-state index contributed by atoms with van der Waals surface area (Å²) in [5, 5.41) is 4.38. The second-order valence-electron chi connectivity index (χ2n) is 5.90. The Hall–Kier alpha value is -0.770. The summed E-state index contributed by atoms with van der Waals surface area (Å²) in [5.41, 5.74) is 2.40. The first kappa shape index (κ1) is 14.2. The van der Waals surface area contributed by atoms with Crippen molar-refractivity contribution >= 4 is 17.3 Å². The standard InChI is InChI=1S/C16H23ClN2O/c1-19(14-6-8-20-9-7-14)16-5-2-12(10-15(16)17)11-18-13-3-4-13/h2,5,10,13-14,18H,3-4,6-9,11H2,1H3. The predicted molar refractivity (Wildman–Crippen MR) is 83.6 cm³/mol. The number of nitrogens with one attached hydrogen (secondary N) is 1. The molecule has 3 nitrogen and oxygen atoms in total. The van der Waals surface area contributed by atoms with Gasteiger partial charge in [-0.3, -0.25) is 0 Å². The maximum atomic E-state index is 6.47. The minimum atomic E-state index is 0.539. The van der Waals surface area contributed by atoms with Crippen molar-refractivity contribution < 1.29 is 4.74 Å². The van der Waals surface area contributed by atoms with Gasteiger partial charge in [-0.05, 0) is 43.4 Å². The van der Waals surface area contributed by atoms with Crippen molar-refractivity contribution in [2.75, 3.05) is 25.2 Å². The van der Waals surface area contributed by atoms with Gasteiger partial charge in [-0.1, -0.05) is 17.7 Å². The van der Waals surface area contributed by atoms with Gasteiger partial charge in [0.15, 0.2) is 0 Å². The van der Waals surface area contributed by atoms with Crippen LogP contribution in [0.5, 0.6) is 0 Å². The first-order valence-electron chi connectivity index (χ1n) is 7.56. The molecule has 2 fully saturated rings. The van der Waals surface area contributed by atoms with E-state index in [2.05, 4.69) is 35.5 Å². The topological polar surface area (TPSA) is 24.5 Å². The third-order valence-electron chi connectivity index (χ3n) is 4.30. The van der Waals surface area contributed by atoms with E-state index in [4.69, 9.17) is 16.3 Å². The van der Waals surface area contributed by atoms with Gasteiger partial charge in [0.05, 0.1) is 10.7 Å². The van der Waals surface area contributed by atoms with E-state index in [1.165, 1.54) is 18.4 Å².